The highest BCUT2D eigenvalue weighted by molar-refractivity contribution is 6.33. The van der Waals surface area contributed by atoms with Crippen LogP contribution in [0.3, 0.4) is 0 Å². The number of nitrogens with two attached hydrogens (primary N) is 2. The molecule has 2 heterocycles. The van der Waals surface area contributed by atoms with Gasteiger partial charge in [-0.25, -0.2) is 0 Å². The fourth-order valence-electron chi connectivity index (χ4n) is 5.88. The summed E-state index contributed by atoms with van der Waals surface area (Å²) in [6, 6.07) is 4.28. The lowest BCUT2D eigenvalue weighted by molar-refractivity contribution is -0.131. The van der Waals surface area contributed by atoms with Crippen molar-refractivity contribution in [3.8, 4) is 0 Å². The highest BCUT2D eigenvalue weighted by atomic mass is 16.2. The Hall–Kier alpha value is -4.65. The number of carbonyl (C=O) groups is 7. The molecule has 0 saturated carbocycles. The molecule has 0 aliphatic carbocycles. The van der Waals surface area contributed by atoms with Gasteiger partial charge in [0, 0.05) is 53.0 Å². The number of hydrogen-bond donors (Lipinski definition) is 4. The molecule has 13 nitrogen and oxygen atoms in total. The van der Waals surface area contributed by atoms with E-state index >= 15 is 0 Å². The van der Waals surface area contributed by atoms with Crippen LogP contribution in [-0.4, -0.2) is 82.9 Å². The summed E-state index contributed by atoms with van der Waals surface area (Å²) < 4.78 is 0. The first-order chi connectivity index (χ1) is 21.5. The Morgan fingerprint density at radius 1 is 0.689 bits per heavy atom. The van der Waals surface area contributed by atoms with Crippen molar-refractivity contribution in [1.82, 2.24) is 20.4 Å². The summed E-state index contributed by atoms with van der Waals surface area (Å²) in [5.41, 5.74) is 12.0. The van der Waals surface area contributed by atoms with Crippen molar-refractivity contribution in [2.45, 2.75) is 77.3 Å². The van der Waals surface area contributed by atoms with E-state index in [0.717, 1.165) is 11.3 Å². The van der Waals surface area contributed by atoms with Crippen LogP contribution in [0.4, 0.5) is 0 Å². The van der Waals surface area contributed by atoms with Crippen LogP contribution >= 0.6 is 0 Å². The molecule has 4 rings (SSSR count). The quantitative estimate of drug-likeness (QED) is 0.160. The van der Waals surface area contributed by atoms with E-state index in [1.165, 1.54) is 36.1 Å². The zero-order chi connectivity index (χ0) is 32.8. The Labute approximate surface area is 261 Å². The lowest BCUT2D eigenvalue weighted by Gasteiger charge is -2.32. The summed E-state index contributed by atoms with van der Waals surface area (Å²) >= 11 is 0. The fraction of sp³-hybridized carbons (Fsp3) is 0.469. The Morgan fingerprint density at radius 2 is 1.13 bits per heavy atom. The number of amides is 7. The molecule has 6 N–H and O–H groups in total. The van der Waals surface area contributed by atoms with E-state index in [-0.39, 0.29) is 41.8 Å². The Balaban J connectivity index is 1.46. The topological polar surface area (TPSA) is 202 Å². The van der Waals surface area contributed by atoms with Crippen LogP contribution in [0.1, 0.15) is 107 Å². The van der Waals surface area contributed by atoms with Crippen molar-refractivity contribution in [1.29, 1.82) is 0 Å². The molecule has 2 aliphatic heterocycles. The summed E-state index contributed by atoms with van der Waals surface area (Å²) in [5, 5.41) is 5.83. The van der Waals surface area contributed by atoms with Crippen molar-refractivity contribution in [2.24, 2.45) is 11.5 Å². The minimum absolute atomic E-state index is 0.0438. The van der Waals surface area contributed by atoms with Gasteiger partial charge in [0.1, 0.15) is 12.1 Å². The zero-order valence-electron chi connectivity index (χ0n) is 25.6. The standard InChI is InChI=1S/C32H40N6O7/c1-3-4-16-37-29(42)19-11-13-21-26-22(14-12-20(25(19)26)30(37)43)32(45)38(31(21)44)17-8-6-10-24(35-18(2)39)28(41)36-23(27(34)40)9-5-7-15-33/h11-14,23-24H,3-10,15-17,33H2,1-2H3,(H2,34,40)(H,35,39)(H,36,41)/t23-,24-/m0/s1. The predicted octanol–water partition coefficient (Wildman–Crippen LogP) is 1.61. The average Bonchev–Trinajstić information content (AvgIpc) is 3.00. The Bertz CT molecular complexity index is 1480. The molecule has 2 aromatic rings. The number of hydrogen-bond acceptors (Lipinski definition) is 8. The van der Waals surface area contributed by atoms with Gasteiger partial charge in [-0.1, -0.05) is 13.3 Å². The summed E-state index contributed by atoms with van der Waals surface area (Å²) in [4.78, 5) is 92.4. The molecule has 13 heteroatoms. The first-order valence-electron chi connectivity index (χ1n) is 15.4. The highest BCUT2D eigenvalue weighted by Gasteiger charge is 2.39. The average molecular weight is 621 g/mol. The fourth-order valence-corrected chi connectivity index (χ4v) is 5.88. The van der Waals surface area contributed by atoms with Crippen molar-refractivity contribution in [3.05, 3.63) is 46.5 Å². The molecule has 0 radical (unpaired) electrons. The van der Waals surface area contributed by atoms with E-state index in [2.05, 4.69) is 10.6 Å². The van der Waals surface area contributed by atoms with E-state index in [4.69, 9.17) is 11.5 Å². The molecule has 0 bridgehead atoms. The molecule has 2 atom stereocenters. The molecular formula is C32H40N6O7. The van der Waals surface area contributed by atoms with Gasteiger partial charge in [0.05, 0.1) is 0 Å². The van der Waals surface area contributed by atoms with E-state index < -0.39 is 53.4 Å². The largest absolute Gasteiger partial charge is 0.368 e. The molecule has 0 unspecified atom stereocenters. The van der Waals surface area contributed by atoms with Gasteiger partial charge in [-0.05, 0) is 75.8 Å². The third-order valence-corrected chi connectivity index (χ3v) is 8.22. The molecule has 45 heavy (non-hydrogen) atoms. The van der Waals surface area contributed by atoms with Crippen LogP contribution in [-0.2, 0) is 14.4 Å². The van der Waals surface area contributed by atoms with Crippen molar-refractivity contribution < 1.29 is 33.6 Å². The molecule has 0 fully saturated rings. The molecule has 240 valence electrons. The SMILES string of the molecule is CCCCN1C(=O)c2ccc3c4c(ccc(c24)C1=O)C(=O)N(CCCC[C@H](NC(C)=O)C(=O)N[C@@H](CCCCN)C(N)=O)C3=O. The van der Waals surface area contributed by atoms with Gasteiger partial charge in [-0.3, -0.25) is 43.4 Å². The third kappa shape index (κ3) is 6.88. The normalized spacial score (nSPS) is 15.4. The van der Waals surface area contributed by atoms with Gasteiger partial charge in [-0.15, -0.1) is 0 Å². The number of primary amides is 1. The number of nitrogens with zero attached hydrogens (tertiary/aromatic N) is 2. The minimum atomic E-state index is -0.949. The molecule has 2 aromatic carbocycles. The second kappa shape index (κ2) is 14.4. The second-order valence-electron chi connectivity index (χ2n) is 11.4. The maximum atomic E-state index is 13.5. The summed E-state index contributed by atoms with van der Waals surface area (Å²) in [7, 11) is 0. The molecule has 0 saturated heterocycles. The number of imide groups is 2. The highest BCUT2D eigenvalue weighted by Crippen LogP contribution is 2.38. The molecule has 0 aromatic heterocycles. The van der Waals surface area contributed by atoms with Gasteiger partial charge < -0.3 is 22.1 Å². The Kier molecular flexibility index (Phi) is 10.7. The van der Waals surface area contributed by atoms with Gasteiger partial charge in [0.2, 0.25) is 17.7 Å². The summed E-state index contributed by atoms with van der Waals surface area (Å²) in [5.74, 6) is -3.64. The van der Waals surface area contributed by atoms with Crippen LogP contribution < -0.4 is 22.1 Å². The van der Waals surface area contributed by atoms with Crippen LogP contribution in [0, 0.1) is 0 Å². The first kappa shape index (κ1) is 33.2. The third-order valence-electron chi connectivity index (χ3n) is 8.22. The number of benzene rings is 2. The first-order valence-corrected chi connectivity index (χ1v) is 15.4. The molecular weight excluding hydrogens is 580 g/mol. The van der Waals surface area contributed by atoms with Gasteiger partial charge in [0.15, 0.2) is 0 Å². The van der Waals surface area contributed by atoms with Crippen LogP contribution in [0.5, 0.6) is 0 Å². The zero-order valence-corrected chi connectivity index (χ0v) is 25.6. The lowest BCUT2D eigenvalue weighted by Crippen LogP contribution is -2.52. The van der Waals surface area contributed by atoms with E-state index in [0.29, 0.717) is 55.8 Å². The minimum Gasteiger partial charge on any atom is -0.368 e. The van der Waals surface area contributed by atoms with Crippen molar-refractivity contribution in [2.75, 3.05) is 19.6 Å². The second-order valence-corrected chi connectivity index (χ2v) is 11.4. The monoisotopic (exact) mass is 620 g/mol. The van der Waals surface area contributed by atoms with E-state index in [1.54, 1.807) is 0 Å². The van der Waals surface area contributed by atoms with Gasteiger partial charge in [0.25, 0.3) is 23.6 Å². The number of nitrogens with one attached hydrogen (secondary N) is 2. The molecule has 2 aliphatic rings. The van der Waals surface area contributed by atoms with Crippen LogP contribution in [0.15, 0.2) is 24.3 Å². The van der Waals surface area contributed by atoms with Gasteiger partial charge >= 0.3 is 0 Å². The number of rotatable bonds is 16. The Morgan fingerprint density at radius 3 is 1.56 bits per heavy atom. The van der Waals surface area contributed by atoms with Crippen molar-refractivity contribution >= 4 is 52.1 Å². The summed E-state index contributed by atoms with van der Waals surface area (Å²) in [6.07, 6.45) is 3.93. The summed E-state index contributed by atoms with van der Waals surface area (Å²) in [6.45, 7) is 4.01. The van der Waals surface area contributed by atoms with E-state index in [1.807, 2.05) is 6.92 Å². The molecule has 7 amide bonds. The lowest BCUT2D eigenvalue weighted by atomic mass is 9.86. The number of carbonyl (C=O) groups excluding carboxylic acids is 7. The van der Waals surface area contributed by atoms with Gasteiger partial charge in [-0.2, -0.15) is 0 Å². The predicted molar refractivity (Wildman–Crippen MR) is 165 cm³/mol. The van der Waals surface area contributed by atoms with Crippen molar-refractivity contribution in [3.63, 3.8) is 0 Å². The van der Waals surface area contributed by atoms with Crippen LogP contribution in [0.25, 0.3) is 10.8 Å². The van der Waals surface area contributed by atoms with Crippen LogP contribution in [0.2, 0.25) is 0 Å². The smallest absolute Gasteiger partial charge is 0.261 e. The van der Waals surface area contributed by atoms with E-state index in [9.17, 15) is 33.6 Å². The maximum Gasteiger partial charge on any atom is 0.261 e. The maximum absolute atomic E-state index is 13.5. The number of unbranched alkanes of at least 4 members (excludes halogenated alkanes) is 3. The molecule has 0 spiro atoms.